The van der Waals surface area contributed by atoms with Crippen LogP contribution in [0.3, 0.4) is 0 Å². The molecule has 0 atom stereocenters. The van der Waals surface area contributed by atoms with Gasteiger partial charge in [-0.05, 0) is 31.4 Å². The topological polar surface area (TPSA) is 58.0 Å². The average Bonchev–Trinajstić information content (AvgIpc) is 2.74. The standard InChI is InChI=1S/C12H15N3OS/c1-9-7-14-12(17-9)15-11-5-4-10(8-13-11)3-2-6-16/h4-5,7-8,16H,2-3,6H2,1H3,(H,13,14,15). The Balaban J connectivity index is 1.98. The van der Waals surface area contributed by atoms with Crippen molar-refractivity contribution in [1.82, 2.24) is 9.97 Å². The molecule has 4 nitrogen and oxygen atoms in total. The van der Waals surface area contributed by atoms with E-state index >= 15 is 0 Å². The SMILES string of the molecule is Cc1cnc(Nc2ccc(CCCO)cn2)s1. The van der Waals surface area contributed by atoms with E-state index < -0.39 is 0 Å². The second-order valence-electron chi connectivity index (χ2n) is 3.78. The summed E-state index contributed by atoms with van der Waals surface area (Å²) in [6.45, 7) is 2.24. The van der Waals surface area contributed by atoms with Crippen LogP contribution in [0.15, 0.2) is 24.5 Å². The van der Waals surface area contributed by atoms with Crippen LogP contribution in [-0.4, -0.2) is 21.7 Å². The Morgan fingerprint density at radius 3 is 2.76 bits per heavy atom. The molecule has 0 amide bonds. The van der Waals surface area contributed by atoms with Gasteiger partial charge in [0.05, 0.1) is 0 Å². The third-order valence-corrected chi connectivity index (χ3v) is 3.13. The second kappa shape index (κ2) is 5.75. The first-order chi connectivity index (χ1) is 8.28. The number of aryl methyl sites for hydroxylation is 2. The lowest BCUT2D eigenvalue weighted by Crippen LogP contribution is -1.95. The number of hydrogen-bond donors (Lipinski definition) is 2. The van der Waals surface area contributed by atoms with E-state index in [1.54, 1.807) is 11.3 Å². The van der Waals surface area contributed by atoms with Gasteiger partial charge in [-0.25, -0.2) is 9.97 Å². The van der Waals surface area contributed by atoms with Gasteiger partial charge in [-0.1, -0.05) is 6.07 Å². The number of pyridine rings is 1. The highest BCUT2D eigenvalue weighted by atomic mass is 32.1. The summed E-state index contributed by atoms with van der Waals surface area (Å²) in [6.07, 6.45) is 5.31. The number of thiazole rings is 1. The van der Waals surface area contributed by atoms with Crippen LogP contribution in [0.5, 0.6) is 0 Å². The first-order valence-electron chi connectivity index (χ1n) is 5.53. The lowest BCUT2D eigenvalue weighted by Gasteiger charge is -2.03. The quantitative estimate of drug-likeness (QED) is 0.855. The van der Waals surface area contributed by atoms with Crippen LogP contribution in [0.2, 0.25) is 0 Å². The lowest BCUT2D eigenvalue weighted by atomic mass is 10.2. The first-order valence-corrected chi connectivity index (χ1v) is 6.35. The number of aliphatic hydroxyl groups is 1. The minimum absolute atomic E-state index is 0.221. The van der Waals surface area contributed by atoms with Gasteiger partial charge in [-0.15, -0.1) is 11.3 Å². The molecular formula is C12H15N3OS. The van der Waals surface area contributed by atoms with Gasteiger partial charge in [0, 0.05) is 23.9 Å². The number of aliphatic hydroxyl groups excluding tert-OH is 1. The smallest absolute Gasteiger partial charge is 0.188 e. The van der Waals surface area contributed by atoms with Crippen molar-refractivity contribution in [2.45, 2.75) is 19.8 Å². The zero-order valence-corrected chi connectivity index (χ0v) is 10.5. The van der Waals surface area contributed by atoms with Crippen molar-refractivity contribution in [2.75, 3.05) is 11.9 Å². The molecular weight excluding hydrogens is 234 g/mol. The summed E-state index contributed by atoms with van der Waals surface area (Å²) in [5.74, 6) is 0.798. The summed E-state index contributed by atoms with van der Waals surface area (Å²) in [7, 11) is 0. The van der Waals surface area contributed by atoms with Gasteiger partial charge in [0.2, 0.25) is 0 Å². The van der Waals surface area contributed by atoms with Gasteiger partial charge >= 0.3 is 0 Å². The Hall–Kier alpha value is -1.46. The third-order valence-electron chi connectivity index (χ3n) is 2.30. The molecule has 0 saturated heterocycles. The predicted molar refractivity (Wildman–Crippen MR) is 69.8 cm³/mol. The van der Waals surface area contributed by atoms with E-state index in [-0.39, 0.29) is 6.61 Å². The molecule has 0 radical (unpaired) electrons. The van der Waals surface area contributed by atoms with E-state index in [9.17, 15) is 0 Å². The van der Waals surface area contributed by atoms with E-state index in [2.05, 4.69) is 15.3 Å². The monoisotopic (exact) mass is 249 g/mol. The van der Waals surface area contributed by atoms with Gasteiger partial charge in [-0.3, -0.25) is 0 Å². The van der Waals surface area contributed by atoms with E-state index in [0.717, 1.165) is 29.4 Å². The van der Waals surface area contributed by atoms with Crippen LogP contribution < -0.4 is 5.32 Å². The predicted octanol–water partition coefficient (Wildman–Crippen LogP) is 2.52. The molecule has 5 heteroatoms. The van der Waals surface area contributed by atoms with Crippen molar-refractivity contribution in [1.29, 1.82) is 0 Å². The van der Waals surface area contributed by atoms with Crippen molar-refractivity contribution < 1.29 is 5.11 Å². The minimum atomic E-state index is 0.221. The Kier molecular flexibility index (Phi) is 4.06. The summed E-state index contributed by atoms with van der Waals surface area (Å²) in [5.41, 5.74) is 1.14. The van der Waals surface area contributed by atoms with Crippen LogP contribution in [0, 0.1) is 6.92 Å². The Bertz CT molecular complexity index is 467. The fraction of sp³-hybridized carbons (Fsp3) is 0.333. The zero-order valence-electron chi connectivity index (χ0n) is 9.68. The number of hydrogen-bond acceptors (Lipinski definition) is 5. The van der Waals surface area contributed by atoms with E-state index in [1.165, 1.54) is 4.88 Å². The fourth-order valence-corrected chi connectivity index (χ4v) is 2.12. The molecule has 0 bridgehead atoms. The van der Waals surface area contributed by atoms with Crippen molar-refractivity contribution in [2.24, 2.45) is 0 Å². The maximum absolute atomic E-state index is 8.74. The van der Waals surface area contributed by atoms with Crippen LogP contribution >= 0.6 is 11.3 Å². The van der Waals surface area contributed by atoms with Gasteiger partial charge in [-0.2, -0.15) is 0 Å². The molecule has 2 rings (SSSR count). The zero-order chi connectivity index (χ0) is 12.1. The van der Waals surface area contributed by atoms with Crippen molar-refractivity contribution in [3.05, 3.63) is 35.0 Å². The molecule has 0 fully saturated rings. The van der Waals surface area contributed by atoms with E-state index in [0.29, 0.717) is 0 Å². The molecule has 0 aliphatic heterocycles. The second-order valence-corrected chi connectivity index (χ2v) is 5.01. The number of nitrogens with zero attached hydrogens (tertiary/aromatic N) is 2. The highest BCUT2D eigenvalue weighted by Gasteiger charge is 2.00. The summed E-state index contributed by atoms with van der Waals surface area (Å²) >= 11 is 1.61. The van der Waals surface area contributed by atoms with Crippen LogP contribution in [0.25, 0.3) is 0 Å². The normalized spacial score (nSPS) is 10.5. The highest BCUT2D eigenvalue weighted by Crippen LogP contribution is 2.20. The molecule has 17 heavy (non-hydrogen) atoms. The first kappa shape index (κ1) is 12.0. The molecule has 0 spiro atoms. The molecule has 0 unspecified atom stereocenters. The average molecular weight is 249 g/mol. The molecule has 0 aromatic carbocycles. The Morgan fingerprint density at radius 1 is 1.29 bits per heavy atom. The number of nitrogens with one attached hydrogen (secondary N) is 1. The minimum Gasteiger partial charge on any atom is -0.396 e. The largest absolute Gasteiger partial charge is 0.396 e. The molecule has 0 aliphatic rings. The number of aromatic nitrogens is 2. The molecule has 0 saturated carbocycles. The van der Waals surface area contributed by atoms with Gasteiger partial charge in [0.1, 0.15) is 5.82 Å². The number of rotatable bonds is 5. The van der Waals surface area contributed by atoms with Crippen LogP contribution in [-0.2, 0) is 6.42 Å². The van der Waals surface area contributed by atoms with E-state index in [4.69, 9.17) is 5.11 Å². The molecule has 2 aromatic rings. The maximum atomic E-state index is 8.74. The van der Waals surface area contributed by atoms with Crippen LogP contribution in [0.4, 0.5) is 10.9 Å². The van der Waals surface area contributed by atoms with E-state index in [1.807, 2.05) is 31.5 Å². The maximum Gasteiger partial charge on any atom is 0.188 e. The summed E-state index contributed by atoms with van der Waals surface area (Å²) in [4.78, 5) is 9.70. The van der Waals surface area contributed by atoms with Gasteiger partial charge < -0.3 is 10.4 Å². The lowest BCUT2D eigenvalue weighted by molar-refractivity contribution is 0.288. The van der Waals surface area contributed by atoms with Crippen molar-refractivity contribution >= 4 is 22.3 Å². The Morgan fingerprint density at radius 2 is 2.18 bits per heavy atom. The number of anilines is 2. The fourth-order valence-electron chi connectivity index (χ4n) is 1.45. The molecule has 2 heterocycles. The summed E-state index contributed by atoms with van der Waals surface area (Å²) < 4.78 is 0. The van der Waals surface area contributed by atoms with Gasteiger partial charge in [0.25, 0.3) is 0 Å². The molecule has 0 aliphatic carbocycles. The van der Waals surface area contributed by atoms with Crippen molar-refractivity contribution in [3.63, 3.8) is 0 Å². The molecule has 2 aromatic heterocycles. The Labute approximate surface area is 104 Å². The molecule has 2 N–H and O–H groups in total. The highest BCUT2D eigenvalue weighted by molar-refractivity contribution is 7.15. The van der Waals surface area contributed by atoms with Crippen LogP contribution in [0.1, 0.15) is 16.9 Å². The summed E-state index contributed by atoms with van der Waals surface area (Å²) in [6, 6.07) is 3.95. The van der Waals surface area contributed by atoms with Crippen molar-refractivity contribution in [3.8, 4) is 0 Å². The third kappa shape index (κ3) is 3.51. The molecule has 90 valence electrons. The summed E-state index contributed by atoms with van der Waals surface area (Å²) in [5, 5.41) is 12.8. The van der Waals surface area contributed by atoms with Gasteiger partial charge in [0.15, 0.2) is 5.13 Å².